The normalized spacial score (nSPS) is 12.6. The van der Waals surface area contributed by atoms with Gasteiger partial charge in [-0.25, -0.2) is 0 Å². The lowest BCUT2D eigenvalue weighted by Gasteiger charge is -2.19. The van der Waals surface area contributed by atoms with Crippen LogP contribution in [0, 0.1) is 0 Å². The lowest BCUT2D eigenvalue weighted by atomic mass is 9.92. The molecule has 3 aromatic rings. The predicted octanol–water partition coefficient (Wildman–Crippen LogP) is 5.55. The van der Waals surface area contributed by atoms with Crippen molar-refractivity contribution >= 4 is 52.2 Å². The van der Waals surface area contributed by atoms with Gasteiger partial charge in [0.25, 0.3) is 0 Å². The summed E-state index contributed by atoms with van der Waals surface area (Å²) in [5, 5.41) is 23.7. The highest BCUT2D eigenvalue weighted by Gasteiger charge is 2.31. The Morgan fingerprint density at radius 3 is 2.13 bits per heavy atom. The molecular weight excluding hydrogens is 424 g/mol. The van der Waals surface area contributed by atoms with Crippen LogP contribution in [0.4, 0.5) is 17.1 Å². The molecule has 0 radical (unpaired) electrons. The molecule has 30 heavy (non-hydrogen) atoms. The molecule has 8 heteroatoms. The molecule has 0 fully saturated rings. The average Bonchev–Trinajstić information content (AvgIpc) is 2.76. The fraction of sp³-hybridized carbons (Fsp3) is 0. The Labute approximate surface area is 181 Å². The number of rotatable bonds is 5. The molecule has 0 atom stereocenters. The molecule has 4 N–H and O–H groups in total. The van der Waals surface area contributed by atoms with Crippen molar-refractivity contribution < 1.29 is 19.8 Å². The fourth-order valence-corrected chi connectivity index (χ4v) is 3.95. The lowest BCUT2D eigenvalue weighted by molar-refractivity contribution is 0.0989. The first-order chi connectivity index (χ1) is 14.5. The van der Waals surface area contributed by atoms with Crippen LogP contribution in [-0.2, 0) is 0 Å². The van der Waals surface area contributed by atoms with Crippen LogP contribution in [0.5, 0.6) is 11.5 Å². The quantitative estimate of drug-likeness (QED) is 0.235. The van der Waals surface area contributed by atoms with E-state index in [9.17, 15) is 19.8 Å². The van der Waals surface area contributed by atoms with Crippen molar-refractivity contribution in [3.8, 4) is 11.5 Å². The topological polar surface area (TPSA) is 98.7 Å². The molecule has 0 bridgehead atoms. The van der Waals surface area contributed by atoms with Crippen LogP contribution < -0.4 is 10.0 Å². The van der Waals surface area contributed by atoms with Crippen molar-refractivity contribution in [1.82, 2.24) is 0 Å². The molecule has 0 amide bonds. The number of hydrogen-bond acceptors (Lipinski definition) is 7. The Bertz CT molecular complexity index is 1200. The summed E-state index contributed by atoms with van der Waals surface area (Å²) in [6.45, 7) is 0. The van der Waals surface area contributed by atoms with Crippen molar-refractivity contribution in [3.05, 3.63) is 82.9 Å². The number of halogens is 1. The number of phenolic OH excluding ortho intramolecular Hbond substituents is 2. The molecule has 4 rings (SSSR count). The summed E-state index contributed by atoms with van der Waals surface area (Å²) in [5.74, 6) is -2.23. The summed E-state index contributed by atoms with van der Waals surface area (Å²) in [5.41, 5.74) is 0.881. The Kier molecular flexibility index (Phi) is 5.39. The first-order valence-electron chi connectivity index (χ1n) is 8.85. The van der Waals surface area contributed by atoms with E-state index in [0.717, 1.165) is 22.7 Å². The van der Waals surface area contributed by atoms with E-state index in [1.54, 1.807) is 18.2 Å². The second kappa shape index (κ2) is 8.14. The molecule has 0 saturated heterocycles. The minimum absolute atomic E-state index is 0.0532. The number of nitrogens with one attached hydrogen (secondary N) is 2. The van der Waals surface area contributed by atoms with Gasteiger partial charge in [0, 0.05) is 16.3 Å². The van der Waals surface area contributed by atoms with Crippen molar-refractivity contribution in [2.24, 2.45) is 0 Å². The number of phenols is 2. The van der Waals surface area contributed by atoms with E-state index in [2.05, 4.69) is 10.0 Å². The van der Waals surface area contributed by atoms with Crippen LogP contribution in [0.3, 0.4) is 0 Å². The summed E-state index contributed by atoms with van der Waals surface area (Å²) in [6, 6.07) is 16.9. The minimum atomic E-state index is -0.601. The van der Waals surface area contributed by atoms with E-state index < -0.39 is 23.1 Å². The lowest BCUT2D eigenvalue weighted by Crippen LogP contribution is -2.13. The second-order valence-electron chi connectivity index (χ2n) is 6.42. The molecule has 3 aromatic carbocycles. The highest BCUT2D eigenvalue weighted by atomic mass is 35.5. The van der Waals surface area contributed by atoms with Crippen molar-refractivity contribution in [2.45, 2.75) is 4.90 Å². The number of anilines is 3. The number of carbonyl (C=O) groups excluding carboxylic acids is 2. The second-order valence-corrected chi connectivity index (χ2v) is 7.68. The molecule has 1 aliphatic rings. The van der Waals surface area contributed by atoms with E-state index in [-0.39, 0.29) is 21.8 Å². The van der Waals surface area contributed by atoms with Gasteiger partial charge in [-0.1, -0.05) is 35.9 Å². The maximum Gasteiger partial charge on any atom is 0.190 e. The van der Waals surface area contributed by atoms with E-state index in [1.807, 2.05) is 36.4 Å². The first-order valence-corrected chi connectivity index (χ1v) is 10.0. The minimum Gasteiger partial charge on any atom is -0.505 e. The zero-order valence-corrected chi connectivity index (χ0v) is 16.9. The largest absolute Gasteiger partial charge is 0.505 e. The molecule has 1 aliphatic carbocycles. The number of benzene rings is 3. The Morgan fingerprint density at radius 1 is 0.800 bits per heavy atom. The Morgan fingerprint density at radius 2 is 1.43 bits per heavy atom. The molecule has 0 aliphatic heterocycles. The van der Waals surface area contributed by atoms with Crippen molar-refractivity contribution in [3.63, 3.8) is 0 Å². The monoisotopic (exact) mass is 438 g/mol. The Balaban J connectivity index is 1.64. The molecular formula is C22H15ClN2O4S. The molecule has 0 saturated carbocycles. The van der Waals surface area contributed by atoms with Gasteiger partial charge in [-0.2, -0.15) is 0 Å². The third-order valence-corrected chi connectivity index (χ3v) is 5.63. The van der Waals surface area contributed by atoms with Gasteiger partial charge in [0.15, 0.2) is 17.3 Å². The van der Waals surface area contributed by atoms with Gasteiger partial charge < -0.3 is 20.3 Å². The third-order valence-electron chi connectivity index (χ3n) is 4.43. The van der Waals surface area contributed by atoms with Crippen LogP contribution >= 0.6 is 23.5 Å². The first kappa shape index (κ1) is 19.9. The van der Waals surface area contributed by atoms with Crippen LogP contribution in [0.25, 0.3) is 0 Å². The maximum atomic E-state index is 12.2. The van der Waals surface area contributed by atoms with Gasteiger partial charge in [0.1, 0.15) is 16.5 Å². The summed E-state index contributed by atoms with van der Waals surface area (Å²) in [6.07, 6.45) is 2.09. The van der Waals surface area contributed by atoms with Crippen LogP contribution in [-0.4, -0.2) is 21.8 Å². The number of carbonyl (C=O) groups is 2. The van der Waals surface area contributed by atoms with E-state index in [1.165, 1.54) is 11.9 Å². The number of allylic oxidation sites excluding steroid dienone is 2. The molecule has 150 valence electrons. The number of aromatic hydroxyl groups is 2. The Hall–Kier alpha value is -3.42. The van der Waals surface area contributed by atoms with Gasteiger partial charge in [0.05, 0.1) is 11.1 Å². The average molecular weight is 439 g/mol. The fourth-order valence-electron chi connectivity index (χ4n) is 3.01. The number of ketones is 2. The highest BCUT2D eigenvalue weighted by Crippen LogP contribution is 2.47. The summed E-state index contributed by atoms with van der Waals surface area (Å²) in [4.78, 5) is 25.1. The standard InChI is InChI=1S/C22H15ClN2O4S/c23-19-20(22(29)18-16(27)10-9-15(26)17(18)21(19)28)24-13-7-4-8-14(11-13)30-25-12-5-2-1-3-6-12/h1-11,24-25,28-29H. The van der Waals surface area contributed by atoms with Gasteiger partial charge >= 0.3 is 0 Å². The summed E-state index contributed by atoms with van der Waals surface area (Å²) >= 11 is 7.59. The third kappa shape index (κ3) is 3.72. The van der Waals surface area contributed by atoms with Crippen molar-refractivity contribution in [2.75, 3.05) is 10.0 Å². The summed E-state index contributed by atoms with van der Waals surface area (Å²) < 4.78 is 3.22. The van der Waals surface area contributed by atoms with E-state index >= 15 is 0 Å². The van der Waals surface area contributed by atoms with Gasteiger partial charge in [-0.15, -0.1) is 0 Å². The number of para-hydroxylation sites is 1. The van der Waals surface area contributed by atoms with E-state index in [4.69, 9.17) is 11.6 Å². The van der Waals surface area contributed by atoms with Crippen molar-refractivity contribution in [1.29, 1.82) is 0 Å². The molecule has 6 nitrogen and oxygen atoms in total. The van der Waals surface area contributed by atoms with Gasteiger partial charge in [0.2, 0.25) is 0 Å². The SMILES string of the molecule is O=C1C=CC(=O)c2c(O)c(Nc3cccc(SNc4ccccc4)c3)c(Cl)c(O)c21. The number of hydrogen-bond donors (Lipinski definition) is 4. The smallest absolute Gasteiger partial charge is 0.190 e. The number of fused-ring (bicyclic) bond motifs is 1. The van der Waals surface area contributed by atoms with Gasteiger partial charge in [-0.05, 0) is 54.4 Å². The maximum absolute atomic E-state index is 12.2. The predicted molar refractivity (Wildman–Crippen MR) is 118 cm³/mol. The van der Waals surface area contributed by atoms with Crippen LogP contribution in [0.1, 0.15) is 20.7 Å². The van der Waals surface area contributed by atoms with Crippen LogP contribution in [0.2, 0.25) is 5.02 Å². The highest BCUT2D eigenvalue weighted by molar-refractivity contribution is 8.00. The molecule has 0 heterocycles. The molecule has 0 aromatic heterocycles. The zero-order valence-electron chi connectivity index (χ0n) is 15.3. The zero-order chi connectivity index (χ0) is 21.3. The van der Waals surface area contributed by atoms with Crippen LogP contribution in [0.15, 0.2) is 71.6 Å². The summed E-state index contributed by atoms with van der Waals surface area (Å²) in [7, 11) is 0. The molecule has 0 unspecified atom stereocenters. The molecule has 0 spiro atoms. The van der Waals surface area contributed by atoms with Gasteiger partial charge in [-0.3, -0.25) is 9.59 Å². The van der Waals surface area contributed by atoms with E-state index in [0.29, 0.717) is 5.69 Å².